The maximum absolute atomic E-state index is 12.2. The summed E-state index contributed by atoms with van der Waals surface area (Å²) in [5.41, 5.74) is 2.43. The Bertz CT molecular complexity index is 986. The van der Waals surface area contributed by atoms with E-state index in [0.29, 0.717) is 16.4 Å². The quantitative estimate of drug-likeness (QED) is 0.712. The molecule has 0 aliphatic carbocycles. The van der Waals surface area contributed by atoms with Crippen LogP contribution in [0.4, 0.5) is 0 Å². The molecule has 6 nitrogen and oxygen atoms in total. The van der Waals surface area contributed by atoms with Crippen molar-refractivity contribution in [3.63, 3.8) is 0 Å². The number of aryl methyl sites for hydroxylation is 1. The largest absolute Gasteiger partial charge is 0.338 e. The Morgan fingerprint density at radius 2 is 1.96 bits per heavy atom. The number of rotatable bonds is 6. The first-order valence-corrected chi connectivity index (χ1v) is 9.56. The summed E-state index contributed by atoms with van der Waals surface area (Å²) in [7, 11) is -3.51. The Morgan fingerprint density at radius 3 is 2.72 bits per heavy atom. The third-order valence-corrected chi connectivity index (χ3v) is 4.97. The van der Waals surface area contributed by atoms with Gasteiger partial charge in [-0.05, 0) is 24.6 Å². The molecule has 0 unspecified atom stereocenters. The van der Waals surface area contributed by atoms with E-state index >= 15 is 0 Å². The number of hydrogen-bond donors (Lipinski definition) is 1. The second-order valence-corrected chi connectivity index (χ2v) is 7.83. The Kier molecular flexibility index (Phi) is 5.17. The first kappa shape index (κ1) is 17.6. The summed E-state index contributed by atoms with van der Waals surface area (Å²) in [6, 6.07) is 14.4. The smallest absolute Gasteiger partial charge is 0.242 e. The van der Waals surface area contributed by atoms with Gasteiger partial charge in [0.05, 0.1) is 12.3 Å². The van der Waals surface area contributed by atoms with E-state index in [1.807, 2.05) is 25.1 Å². The van der Waals surface area contributed by atoms with E-state index in [-0.39, 0.29) is 18.2 Å². The Labute approximate surface area is 150 Å². The third-order valence-electron chi connectivity index (χ3n) is 3.43. The fourth-order valence-electron chi connectivity index (χ4n) is 2.32. The molecule has 1 aromatic heterocycles. The van der Waals surface area contributed by atoms with E-state index in [9.17, 15) is 8.42 Å². The lowest BCUT2D eigenvalue weighted by Crippen LogP contribution is -2.24. The topological polar surface area (TPSA) is 85.1 Å². The second kappa shape index (κ2) is 7.35. The number of aromatic nitrogens is 2. The van der Waals surface area contributed by atoms with Gasteiger partial charge in [-0.3, -0.25) is 0 Å². The van der Waals surface area contributed by atoms with Crippen molar-refractivity contribution in [2.45, 2.75) is 19.2 Å². The van der Waals surface area contributed by atoms with E-state index in [4.69, 9.17) is 16.1 Å². The minimum Gasteiger partial charge on any atom is -0.338 e. The average Bonchev–Trinajstić information content (AvgIpc) is 3.02. The third kappa shape index (κ3) is 4.88. The lowest BCUT2D eigenvalue weighted by atomic mass is 10.2. The van der Waals surface area contributed by atoms with Gasteiger partial charge in [0, 0.05) is 10.6 Å². The zero-order valence-corrected chi connectivity index (χ0v) is 15.0. The molecule has 1 N–H and O–H groups in total. The molecule has 0 spiro atoms. The molecule has 0 bridgehead atoms. The first-order chi connectivity index (χ1) is 11.9. The standard InChI is InChI=1S/C17H16ClN3O3S/c1-12-4-2-5-13(8-12)11-25(22,23)19-10-16-20-17(21-24-16)14-6-3-7-15(18)9-14/h2-9,19H,10-11H2,1H3. The van der Waals surface area contributed by atoms with E-state index in [2.05, 4.69) is 14.9 Å². The number of sulfonamides is 1. The van der Waals surface area contributed by atoms with Crippen LogP contribution in [-0.2, 0) is 22.3 Å². The molecule has 3 aromatic rings. The average molecular weight is 378 g/mol. The number of halogens is 1. The summed E-state index contributed by atoms with van der Waals surface area (Å²) in [6.45, 7) is 1.85. The molecule has 0 saturated heterocycles. The van der Waals surface area contributed by atoms with Gasteiger partial charge in [0.2, 0.25) is 21.7 Å². The summed E-state index contributed by atoms with van der Waals surface area (Å²) < 4.78 is 31.9. The van der Waals surface area contributed by atoms with Gasteiger partial charge >= 0.3 is 0 Å². The van der Waals surface area contributed by atoms with Gasteiger partial charge in [-0.15, -0.1) is 0 Å². The maximum atomic E-state index is 12.2. The minimum atomic E-state index is -3.51. The SMILES string of the molecule is Cc1cccc(CS(=O)(=O)NCc2nc(-c3cccc(Cl)c3)no2)c1. The molecule has 0 radical (unpaired) electrons. The van der Waals surface area contributed by atoms with Crippen molar-refractivity contribution >= 4 is 21.6 Å². The number of nitrogens with zero attached hydrogens (tertiary/aromatic N) is 2. The van der Waals surface area contributed by atoms with Gasteiger partial charge in [-0.25, -0.2) is 13.1 Å². The molecule has 130 valence electrons. The molecule has 2 aromatic carbocycles. The highest BCUT2D eigenvalue weighted by Crippen LogP contribution is 2.20. The van der Waals surface area contributed by atoms with Crippen molar-refractivity contribution in [1.82, 2.24) is 14.9 Å². The van der Waals surface area contributed by atoms with Crippen LogP contribution in [0.15, 0.2) is 53.1 Å². The number of nitrogens with one attached hydrogen (secondary N) is 1. The Hall–Kier alpha value is -2.22. The van der Waals surface area contributed by atoms with Gasteiger partial charge < -0.3 is 4.52 Å². The molecule has 0 amide bonds. The van der Waals surface area contributed by atoms with Gasteiger partial charge in [-0.1, -0.05) is 58.7 Å². The van der Waals surface area contributed by atoms with E-state index in [1.165, 1.54) is 0 Å². The van der Waals surface area contributed by atoms with Crippen molar-refractivity contribution in [1.29, 1.82) is 0 Å². The lowest BCUT2D eigenvalue weighted by molar-refractivity contribution is 0.376. The lowest BCUT2D eigenvalue weighted by Gasteiger charge is -2.05. The molecule has 0 aliphatic rings. The van der Waals surface area contributed by atoms with Crippen molar-refractivity contribution in [3.8, 4) is 11.4 Å². The first-order valence-electron chi connectivity index (χ1n) is 7.53. The van der Waals surface area contributed by atoms with Crippen LogP contribution in [0, 0.1) is 6.92 Å². The van der Waals surface area contributed by atoms with Crippen molar-refractivity contribution in [2.75, 3.05) is 0 Å². The number of hydrogen-bond acceptors (Lipinski definition) is 5. The predicted molar refractivity (Wildman–Crippen MR) is 95.4 cm³/mol. The minimum absolute atomic E-state index is 0.0677. The van der Waals surface area contributed by atoms with Crippen LogP contribution in [0.2, 0.25) is 5.02 Å². The summed E-state index contributed by atoms with van der Waals surface area (Å²) >= 11 is 5.93. The van der Waals surface area contributed by atoms with Crippen LogP contribution < -0.4 is 4.72 Å². The summed E-state index contributed by atoms with van der Waals surface area (Å²) in [5.74, 6) is 0.433. The van der Waals surface area contributed by atoms with Crippen LogP contribution in [0.5, 0.6) is 0 Å². The van der Waals surface area contributed by atoms with Gasteiger partial charge in [-0.2, -0.15) is 4.98 Å². The molecule has 0 fully saturated rings. The Morgan fingerprint density at radius 1 is 1.16 bits per heavy atom. The molecule has 0 saturated carbocycles. The molecule has 1 heterocycles. The summed E-state index contributed by atoms with van der Waals surface area (Å²) in [6.07, 6.45) is 0. The van der Waals surface area contributed by atoms with E-state index < -0.39 is 10.0 Å². The van der Waals surface area contributed by atoms with Crippen LogP contribution in [-0.4, -0.2) is 18.6 Å². The van der Waals surface area contributed by atoms with Crippen LogP contribution in [0.1, 0.15) is 17.0 Å². The van der Waals surface area contributed by atoms with Crippen LogP contribution in [0.25, 0.3) is 11.4 Å². The zero-order valence-electron chi connectivity index (χ0n) is 13.4. The Balaban J connectivity index is 1.65. The van der Waals surface area contributed by atoms with E-state index in [0.717, 1.165) is 11.1 Å². The normalized spacial score (nSPS) is 11.6. The molecule has 8 heteroatoms. The van der Waals surface area contributed by atoms with Crippen LogP contribution in [0.3, 0.4) is 0 Å². The molecule has 0 atom stereocenters. The summed E-state index contributed by atoms with van der Waals surface area (Å²) in [4.78, 5) is 4.18. The maximum Gasteiger partial charge on any atom is 0.242 e. The highest BCUT2D eigenvalue weighted by molar-refractivity contribution is 7.88. The molecule has 3 rings (SSSR count). The molecule has 0 aliphatic heterocycles. The van der Waals surface area contributed by atoms with Crippen molar-refractivity contribution < 1.29 is 12.9 Å². The van der Waals surface area contributed by atoms with Gasteiger partial charge in [0.25, 0.3) is 0 Å². The fourth-order valence-corrected chi connectivity index (χ4v) is 3.57. The summed E-state index contributed by atoms with van der Waals surface area (Å²) in [5, 5.41) is 4.40. The predicted octanol–water partition coefficient (Wildman–Crippen LogP) is 3.32. The monoisotopic (exact) mass is 377 g/mol. The highest BCUT2D eigenvalue weighted by Gasteiger charge is 2.15. The molecular weight excluding hydrogens is 362 g/mol. The molecular formula is C17H16ClN3O3S. The van der Waals surface area contributed by atoms with E-state index in [1.54, 1.807) is 30.3 Å². The van der Waals surface area contributed by atoms with Gasteiger partial charge in [0.1, 0.15) is 0 Å². The zero-order chi connectivity index (χ0) is 17.9. The number of benzene rings is 2. The van der Waals surface area contributed by atoms with Gasteiger partial charge in [0.15, 0.2) is 0 Å². The second-order valence-electron chi connectivity index (χ2n) is 5.59. The fraction of sp³-hybridized carbons (Fsp3) is 0.176. The van der Waals surface area contributed by atoms with Crippen molar-refractivity contribution in [2.24, 2.45) is 0 Å². The van der Waals surface area contributed by atoms with Crippen molar-refractivity contribution in [3.05, 3.63) is 70.6 Å². The van der Waals surface area contributed by atoms with Crippen LogP contribution >= 0.6 is 11.6 Å². The molecule has 25 heavy (non-hydrogen) atoms. The highest BCUT2D eigenvalue weighted by atomic mass is 35.5.